The van der Waals surface area contributed by atoms with Crippen molar-refractivity contribution in [2.75, 3.05) is 32.8 Å². The Hall–Kier alpha value is -3.29. The van der Waals surface area contributed by atoms with Gasteiger partial charge in [-0.3, -0.25) is 9.59 Å². The van der Waals surface area contributed by atoms with Crippen molar-refractivity contribution in [1.82, 2.24) is 9.80 Å². The van der Waals surface area contributed by atoms with Gasteiger partial charge in [0.25, 0.3) is 11.8 Å². The summed E-state index contributed by atoms with van der Waals surface area (Å²) in [7, 11) is 0. The molecule has 0 unspecified atom stereocenters. The first kappa shape index (κ1) is 17.5. The van der Waals surface area contributed by atoms with Crippen molar-refractivity contribution in [3.63, 3.8) is 0 Å². The molecule has 8 nitrogen and oxygen atoms in total. The Kier molecular flexibility index (Phi) is 5.52. The summed E-state index contributed by atoms with van der Waals surface area (Å²) < 4.78 is 15.1. The minimum atomic E-state index is -0.624. The van der Waals surface area contributed by atoms with Gasteiger partial charge in [0.2, 0.25) is 0 Å². The molecular weight excluding hydrogens is 340 g/mol. The molecule has 1 aliphatic heterocycles. The van der Waals surface area contributed by atoms with Crippen molar-refractivity contribution in [3.05, 3.63) is 54.4 Å². The smallest absolute Gasteiger partial charge is 0.331 e. The van der Waals surface area contributed by atoms with E-state index in [1.165, 1.54) is 24.7 Å². The number of furan rings is 2. The molecule has 0 N–H and O–H groups in total. The fraction of sp³-hybridized carbons (Fsp3) is 0.278. The molecule has 3 rings (SSSR count). The molecule has 2 amide bonds. The average Bonchev–Trinajstić information content (AvgIpc) is 3.37. The van der Waals surface area contributed by atoms with Crippen LogP contribution in [0.1, 0.15) is 16.3 Å². The summed E-state index contributed by atoms with van der Waals surface area (Å²) in [5, 5.41) is 0. The molecule has 1 aliphatic rings. The fourth-order valence-corrected chi connectivity index (χ4v) is 2.52. The third-order valence-corrected chi connectivity index (χ3v) is 3.92. The molecule has 0 radical (unpaired) electrons. The van der Waals surface area contributed by atoms with Gasteiger partial charge in [-0.15, -0.1) is 0 Å². The largest absolute Gasteiger partial charge is 0.465 e. The topological polar surface area (TPSA) is 93.2 Å². The summed E-state index contributed by atoms with van der Waals surface area (Å²) in [5.41, 5.74) is 0. The number of carbonyl (C=O) groups is 3. The van der Waals surface area contributed by atoms with Crippen molar-refractivity contribution in [1.29, 1.82) is 0 Å². The molecule has 1 fully saturated rings. The Bertz CT molecular complexity index is 771. The number of ether oxygens (including phenoxy) is 1. The quantitative estimate of drug-likeness (QED) is 0.593. The molecule has 8 heteroatoms. The van der Waals surface area contributed by atoms with E-state index < -0.39 is 5.97 Å². The van der Waals surface area contributed by atoms with Crippen LogP contribution in [0.2, 0.25) is 0 Å². The van der Waals surface area contributed by atoms with E-state index in [0.717, 1.165) is 0 Å². The summed E-state index contributed by atoms with van der Waals surface area (Å²) >= 11 is 0. The molecule has 0 saturated carbocycles. The third kappa shape index (κ3) is 4.41. The van der Waals surface area contributed by atoms with Crippen LogP contribution in [0.3, 0.4) is 0 Å². The first-order valence-electron chi connectivity index (χ1n) is 8.12. The number of hydrogen-bond acceptors (Lipinski definition) is 6. The highest BCUT2D eigenvalue weighted by Crippen LogP contribution is 2.09. The van der Waals surface area contributed by atoms with Gasteiger partial charge >= 0.3 is 5.97 Å². The minimum absolute atomic E-state index is 0.198. The lowest BCUT2D eigenvalue weighted by Gasteiger charge is -2.34. The summed E-state index contributed by atoms with van der Waals surface area (Å²) in [4.78, 5) is 39.1. The van der Waals surface area contributed by atoms with E-state index in [1.54, 1.807) is 34.1 Å². The van der Waals surface area contributed by atoms with Crippen molar-refractivity contribution >= 4 is 23.9 Å². The number of amides is 2. The molecule has 136 valence electrons. The van der Waals surface area contributed by atoms with Gasteiger partial charge in [-0.05, 0) is 30.3 Å². The Morgan fingerprint density at radius 3 is 2.35 bits per heavy atom. The number of carbonyl (C=O) groups excluding carboxylic acids is 3. The fourth-order valence-electron chi connectivity index (χ4n) is 2.52. The van der Waals surface area contributed by atoms with Crippen molar-refractivity contribution in [3.8, 4) is 0 Å². The van der Waals surface area contributed by atoms with Crippen LogP contribution in [0.25, 0.3) is 6.08 Å². The molecule has 0 aliphatic carbocycles. The lowest BCUT2D eigenvalue weighted by atomic mass is 10.3. The van der Waals surface area contributed by atoms with Crippen LogP contribution in [-0.4, -0.2) is 60.4 Å². The van der Waals surface area contributed by atoms with E-state index in [4.69, 9.17) is 13.6 Å². The Morgan fingerprint density at radius 2 is 1.69 bits per heavy atom. The van der Waals surface area contributed by atoms with Gasteiger partial charge < -0.3 is 23.4 Å². The first-order valence-corrected chi connectivity index (χ1v) is 8.12. The molecule has 0 bridgehead atoms. The zero-order chi connectivity index (χ0) is 18.4. The van der Waals surface area contributed by atoms with Gasteiger partial charge in [0.15, 0.2) is 12.4 Å². The predicted octanol–water partition coefficient (Wildman–Crippen LogP) is 1.41. The zero-order valence-electron chi connectivity index (χ0n) is 14.0. The van der Waals surface area contributed by atoms with Crippen LogP contribution in [0, 0.1) is 0 Å². The molecule has 26 heavy (non-hydrogen) atoms. The standard InChI is InChI=1S/C18H18N2O6/c21-16(13-26-17(22)6-5-14-3-1-11-24-14)19-7-9-20(10-8-19)18(23)15-4-2-12-25-15/h1-6,11-12H,7-10,13H2. The maximum Gasteiger partial charge on any atom is 0.331 e. The molecule has 1 saturated heterocycles. The Labute approximate surface area is 149 Å². The van der Waals surface area contributed by atoms with Gasteiger partial charge in [0.05, 0.1) is 12.5 Å². The Balaban J connectivity index is 1.41. The maximum atomic E-state index is 12.2. The second-order valence-electron chi connectivity index (χ2n) is 5.61. The SMILES string of the molecule is O=C(C=Cc1ccco1)OCC(=O)N1CCN(C(=O)c2ccco2)CC1. The monoisotopic (exact) mass is 358 g/mol. The van der Waals surface area contributed by atoms with Crippen LogP contribution in [0.5, 0.6) is 0 Å². The van der Waals surface area contributed by atoms with Gasteiger partial charge in [0, 0.05) is 32.3 Å². The first-order chi connectivity index (χ1) is 12.6. The lowest BCUT2D eigenvalue weighted by Crippen LogP contribution is -2.51. The van der Waals surface area contributed by atoms with Gasteiger partial charge in [-0.2, -0.15) is 0 Å². The normalized spacial score (nSPS) is 14.6. The highest BCUT2D eigenvalue weighted by Gasteiger charge is 2.26. The molecule has 0 spiro atoms. The van der Waals surface area contributed by atoms with Gasteiger partial charge in [-0.25, -0.2) is 4.79 Å². The van der Waals surface area contributed by atoms with Crippen LogP contribution in [0.15, 0.2) is 51.7 Å². The van der Waals surface area contributed by atoms with Crippen molar-refractivity contribution < 1.29 is 28.0 Å². The molecule has 0 aromatic carbocycles. The highest BCUT2D eigenvalue weighted by molar-refractivity contribution is 5.92. The van der Waals surface area contributed by atoms with Crippen LogP contribution < -0.4 is 0 Å². The highest BCUT2D eigenvalue weighted by atomic mass is 16.5. The van der Waals surface area contributed by atoms with E-state index in [9.17, 15) is 14.4 Å². The summed E-state index contributed by atoms with van der Waals surface area (Å²) in [6.45, 7) is 1.22. The number of piperazine rings is 1. The number of esters is 1. The number of nitrogens with zero attached hydrogens (tertiary/aromatic N) is 2. The third-order valence-electron chi connectivity index (χ3n) is 3.92. The lowest BCUT2D eigenvalue weighted by molar-refractivity contribution is -0.148. The van der Waals surface area contributed by atoms with Crippen molar-refractivity contribution in [2.24, 2.45) is 0 Å². The van der Waals surface area contributed by atoms with Crippen LogP contribution in [0.4, 0.5) is 0 Å². The van der Waals surface area contributed by atoms with Crippen molar-refractivity contribution in [2.45, 2.75) is 0 Å². The van der Waals surface area contributed by atoms with Crippen LogP contribution in [-0.2, 0) is 14.3 Å². The van der Waals surface area contributed by atoms with E-state index in [0.29, 0.717) is 31.9 Å². The molecular formula is C18H18N2O6. The number of hydrogen-bond donors (Lipinski definition) is 0. The summed E-state index contributed by atoms with van der Waals surface area (Å²) in [5.74, 6) is -0.319. The average molecular weight is 358 g/mol. The predicted molar refractivity (Wildman–Crippen MR) is 89.9 cm³/mol. The van der Waals surface area contributed by atoms with E-state index in [-0.39, 0.29) is 24.2 Å². The summed E-state index contributed by atoms with van der Waals surface area (Å²) in [6, 6.07) is 6.65. The zero-order valence-corrected chi connectivity index (χ0v) is 14.0. The second kappa shape index (κ2) is 8.19. The van der Waals surface area contributed by atoms with E-state index >= 15 is 0 Å². The number of rotatable bonds is 5. The summed E-state index contributed by atoms with van der Waals surface area (Å²) in [6.07, 6.45) is 5.60. The molecule has 2 aromatic heterocycles. The van der Waals surface area contributed by atoms with Gasteiger partial charge in [0.1, 0.15) is 5.76 Å². The van der Waals surface area contributed by atoms with Gasteiger partial charge in [-0.1, -0.05) is 0 Å². The Morgan fingerprint density at radius 1 is 1.00 bits per heavy atom. The molecule has 0 atom stereocenters. The van der Waals surface area contributed by atoms with Crippen LogP contribution >= 0.6 is 0 Å². The van der Waals surface area contributed by atoms with E-state index in [2.05, 4.69) is 0 Å². The minimum Gasteiger partial charge on any atom is -0.465 e. The molecule has 2 aromatic rings. The second-order valence-corrected chi connectivity index (χ2v) is 5.61. The maximum absolute atomic E-state index is 12.2. The van der Waals surface area contributed by atoms with E-state index in [1.807, 2.05) is 0 Å². The molecule has 3 heterocycles.